The summed E-state index contributed by atoms with van der Waals surface area (Å²) in [6.07, 6.45) is 1.75. The van der Waals surface area contributed by atoms with Crippen molar-refractivity contribution >= 4 is 35.5 Å². The molecule has 6 rings (SSSR count). The highest BCUT2D eigenvalue weighted by molar-refractivity contribution is 5.94. The van der Waals surface area contributed by atoms with Gasteiger partial charge in [0.05, 0.1) is 18.8 Å². The summed E-state index contributed by atoms with van der Waals surface area (Å²) < 4.78 is 0. The molecule has 3 aromatic carbocycles. The average molecular weight is 724 g/mol. The molecule has 0 radical (unpaired) electrons. The molecule has 6 amide bonds. The van der Waals surface area contributed by atoms with E-state index in [4.69, 9.17) is 0 Å². The number of amides is 6. The standard InChI is InChI=1S/C40H49N7O6/c1-29(2)34(48)43-39(31-14-8-4-9-15-31)18-22-45(23-19-39)38(53)42-33(35(49)50)26-41-37(52)44-24-20-40(21-25-44)36(51)46(27-30-12-6-3-7-13-30)28-47(40)32-16-10-5-11-17-32/h3-17,29,33H,18-28H2,1-2H3,(H,41,52)(H,42,53)(H,43,48)(H,49,50). The number of carbonyl (C=O) groups excluding carboxylic acids is 4. The maximum atomic E-state index is 14.1. The van der Waals surface area contributed by atoms with Crippen LogP contribution in [0, 0.1) is 5.92 Å². The number of piperidine rings is 2. The van der Waals surface area contributed by atoms with Gasteiger partial charge in [-0.15, -0.1) is 0 Å². The Morgan fingerprint density at radius 3 is 1.89 bits per heavy atom. The number of likely N-dealkylation sites (tertiary alicyclic amines) is 2. The number of nitrogens with one attached hydrogen (secondary N) is 3. The second-order valence-corrected chi connectivity index (χ2v) is 14.5. The van der Waals surface area contributed by atoms with Gasteiger partial charge in [-0.2, -0.15) is 0 Å². The number of carbonyl (C=O) groups is 5. The van der Waals surface area contributed by atoms with Gasteiger partial charge >= 0.3 is 18.0 Å². The van der Waals surface area contributed by atoms with E-state index in [1.54, 1.807) is 9.80 Å². The molecule has 3 aliphatic heterocycles. The molecule has 1 spiro atoms. The molecule has 53 heavy (non-hydrogen) atoms. The van der Waals surface area contributed by atoms with Crippen LogP contribution in [0.15, 0.2) is 91.0 Å². The van der Waals surface area contributed by atoms with Crippen molar-refractivity contribution < 1.29 is 29.1 Å². The molecule has 280 valence electrons. The van der Waals surface area contributed by atoms with Gasteiger partial charge in [-0.3, -0.25) is 9.59 Å². The van der Waals surface area contributed by atoms with E-state index >= 15 is 0 Å². The monoisotopic (exact) mass is 723 g/mol. The highest BCUT2D eigenvalue weighted by Gasteiger charge is 2.54. The Balaban J connectivity index is 1.04. The SMILES string of the molecule is CC(C)C(=O)NC1(c2ccccc2)CCN(C(=O)NC(CNC(=O)N2CCC3(CC2)C(=O)N(Cc2ccccc2)CN3c2ccccc2)C(=O)O)CC1. The van der Waals surface area contributed by atoms with E-state index in [2.05, 4.69) is 20.9 Å². The van der Waals surface area contributed by atoms with Crippen LogP contribution < -0.4 is 20.9 Å². The van der Waals surface area contributed by atoms with Gasteiger partial charge in [0, 0.05) is 44.3 Å². The van der Waals surface area contributed by atoms with E-state index in [0.29, 0.717) is 65.1 Å². The van der Waals surface area contributed by atoms with Crippen molar-refractivity contribution in [1.82, 2.24) is 30.7 Å². The van der Waals surface area contributed by atoms with Crippen molar-refractivity contribution in [2.24, 2.45) is 5.92 Å². The van der Waals surface area contributed by atoms with Crippen LogP contribution in [0.4, 0.5) is 15.3 Å². The molecule has 0 bridgehead atoms. The molecule has 0 aromatic heterocycles. The third kappa shape index (κ3) is 8.08. The van der Waals surface area contributed by atoms with Gasteiger partial charge in [0.1, 0.15) is 11.6 Å². The van der Waals surface area contributed by atoms with Gasteiger partial charge in [0.2, 0.25) is 11.8 Å². The molecule has 13 nitrogen and oxygen atoms in total. The van der Waals surface area contributed by atoms with Crippen molar-refractivity contribution in [3.63, 3.8) is 0 Å². The first kappa shape index (κ1) is 37.2. The first-order chi connectivity index (χ1) is 25.5. The maximum Gasteiger partial charge on any atom is 0.328 e. The number of para-hydroxylation sites is 1. The molecule has 4 N–H and O–H groups in total. The smallest absolute Gasteiger partial charge is 0.328 e. The van der Waals surface area contributed by atoms with Crippen molar-refractivity contribution in [1.29, 1.82) is 0 Å². The molecular formula is C40H49N7O6. The fraction of sp³-hybridized carbons (Fsp3) is 0.425. The maximum absolute atomic E-state index is 14.1. The van der Waals surface area contributed by atoms with Crippen LogP contribution >= 0.6 is 0 Å². The normalized spacial score (nSPS) is 18.5. The van der Waals surface area contributed by atoms with Gasteiger partial charge in [-0.1, -0.05) is 92.7 Å². The molecule has 1 unspecified atom stereocenters. The van der Waals surface area contributed by atoms with E-state index < -0.39 is 35.2 Å². The Bertz CT molecular complexity index is 1760. The molecule has 3 saturated heterocycles. The zero-order chi connectivity index (χ0) is 37.6. The lowest BCUT2D eigenvalue weighted by molar-refractivity contribution is -0.139. The molecule has 3 heterocycles. The number of aliphatic carboxylic acids is 1. The van der Waals surface area contributed by atoms with Crippen LogP contribution in [0.5, 0.6) is 0 Å². The quantitative estimate of drug-likeness (QED) is 0.247. The average Bonchev–Trinajstić information content (AvgIpc) is 3.43. The number of hydrogen-bond acceptors (Lipinski definition) is 6. The molecule has 0 saturated carbocycles. The second-order valence-electron chi connectivity index (χ2n) is 14.5. The fourth-order valence-corrected chi connectivity index (χ4v) is 7.66. The summed E-state index contributed by atoms with van der Waals surface area (Å²) in [6.45, 7) is 5.47. The zero-order valence-electron chi connectivity index (χ0n) is 30.4. The van der Waals surface area contributed by atoms with Crippen molar-refractivity contribution in [3.8, 4) is 0 Å². The summed E-state index contributed by atoms with van der Waals surface area (Å²) in [7, 11) is 0. The van der Waals surface area contributed by atoms with Crippen LogP contribution in [0.1, 0.15) is 50.7 Å². The topological polar surface area (TPSA) is 155 Å². The molecule has 0 aliphatic carbocycles. The number of benzene rings is 3. The van der Waals surface area contributed by atoms with Crippen molar-refractivity contribution in [3.05, 3.63) is 102 Å². The zero-order valence-corrected chi connectivity index (χ0v) is 30.4. The first-order valence-corrected chi connectivity index (χ1v) is 18.4. The van der Waals surface area contributed by atoms with Gasteiger partial charge in [-0.05, 0) is 48.9 Å². The molecule has 13 heteroatoms. The minimum Gasteiger partial charge on any atom is -0.480 e. The van der Waals surface area contributed by atoms with Gasteiger partial charge in [0.15, 0.2) is 0 Å². The Hall–Kier alpha value is -5.59. The summed E-state index contributed by atoms with van der Waals surface area (Å²) in [6, 6.07) is 27.0. The minimum absolute atomic E-state index is 0.0277. The number of carboxylic acids is 1. The third-order valence-electron chi connectivity index (χ3n) is 10.8. The number of urea groups is 2. The number of anilines is 1. The van der Waals surface area contributed by atoms with E-state index in [1.807, 2.05) is 110 Å². The molecule has 3 aliphatic rings. The van der Waals surface area contributed by atoms with Crippen LogP contribution in [0.25, 0.3) is 0 Å². The van der Waals surface area contributed by atoms with E-state index in [9.17, 15) is 29.1 Å². The predicted octanol–water partition coefficient (Wildman–Crippen LogP) is 3.96. The first-order valence-electron chi connectivity index (χ1n) is 18.4. The van der Waals surface area contributed by atoms with Crippen LogP contribution in [0.2, 0.25) is 0 Å². The van der Waals surface area contributed by atoms with Crippen molar-refractivity contribution in [2.75, 3.05) is 44.3 Å². The lowest BCUT2D eigenvalue weighted by Crippen LogP contribution is -2.60. The van der Waals surface area contributed by atoms with E-state index in [-0.39, 0.29) is 24.3 Å². The highest BCUT2D eigenvalue weighted by Crippen LogP contribution is 2.40. The van der Waals surface area contributed by atoms with Crippen LogP contribution in [-0.4, -0.2) is 101 Å². The van der Waals surface area contributed by atoms with Crippen LogP contribution in [-0.2, 0) is 26.5 Å². The summed E-state index contributed by atoms with van der Waals surface area (Å²) in [5.74, 6) is -1.53. The summed E-state index contributed by atoms with van der Waals surface area (Å²) >= 11 is 0. The Labute approximate surface area is 310 Å². The Morgan fingerprint density at radius 1 is 0.755 bits per heavy atom. The Kier molecular flexibility index (Phi) is 11.2. The number of hydrogen-bond donors (Lipinski definition) is 4. The van der Waals surface area contributed by atoms with Crippen LogP contribution in [0.3, 0.4) is 0 Å². The fourth-order valence-electron chi connectivity index (χ4n) is 7.66. The Morgan fingerprint density at radius 2 is 1.30 bits per heavy atom. The summed E-state index contributed by atoms with van der Waals surface area (Å²) in [4.78, 5) is 72.9. The van der Waals surface area contributed by atoms with Gasteiger partial charge < -0.3 is 40.7 Å². The van der Waals surface area contributed by atoms with E-state index in [0.717, 1.165) is 16.8 Å². The van der Waals surface area contributed by atoms with Gasteiger partial charge in [0.25, 0.3) is 0 Å². The summed E-state index contributed by atoms with van der Waals surface area (Å²) in [5, 5.41) is 18.4. The number of rotatable bonds is 10. The lowest BCUT2D eigenvalue weighted by atomic mass is 9.80. The minimum atomic E-state index is -1.36. The predicted molar refractivity (Wildman–Crippen MR) is 200 cm³/mol. The third-order valence-corrected chi connectivity index (χ3v) is 10.8. The summed E-state index contributed by atoms with van der Waals surface area (Å²) in [5.41, 5.74) is 1.48. The number of nitrogens with zero attached hydrogens (tertiary/aromatic N) is 4. The molecule has 1 atom stereocenters. The largest absolute Gasteiger partial charge is 0.480 e. The highest BCUT2D eigenvalue weighted by atomic mass is 16.4. The van der Waals surface area contributed by atoms with Gasteiger partial charge in [-0.25, -0.2) is 14.4 Å². The lowest BCUT2D eigenvalue weighted by Gasteiger charge is -2.43. The number of carboxylic acid groups (broad SMARTS) is 1. The van der Waals surface area contributed by atoms with Crippen molar-refractivity contribution in [2.45, 2.75) is 63.2 Å². The molecular weight excluding hydrogens is 674 g/mol. The van der Waals surface area contributed by atoms with E-state index in [1.165, 1.54) is 0 Å². The molecule has 3 fully saturated rings. The molecule has 3 aromatic rings. The second kappa shape index (κ2) is 16.0.